The number of pyridine rings is 1. The predicted molar refractivity (Wildman–Crippen MR) is 122 cm³/mol. The number of alkyl halides is 3. The van der Waals surface area contributed by atoms with Crippen molar-refractivity contribution in [3.8, 4) is 16.9 Å². The number of anilines is 1. The number of rotatable bonds is 3. The molecule has 0 unspecified atom stereocenters. The highest BCUT2D eigenvalue weighted by atomic mass is 19.4. The second-order valence-electron chi connectivity index (χ2n) is 8.64. The van der Waals surface area contributed by atoms with Gasteiger partial charge in [0.1, 0.15) is 5.69 Å². The molecular formula is C24H24F3N5O. The Morgan fingerprint density at radius 3 is 2.36 bits per heavy atom. The van der Waals surface area contributed by atoms with Gasteiger partial charge in [-0.3, -0.25) is 9.69 Å². The zero-order valence-electron chi connectivity index (χ0n) is 18.4. The van der Waals surface area contributed by atoms with E-state index in [4.69, 9.17) is 0 Å². The van der Waals surface area contributed by atoms with Gasteiger partial charge in [-0.25, -0.2) is 0 Å². The molecule has 3 aliphatic rings. The predicted octanol–water partition coefficient (Wildman–Crippen LogP) is 4.37. The topological polar surface area (TPSA) is 57.2 Å². The number of piperazine rings is 1. The number of nitrogens with one attached hydrogen (secondary N) is 1. The molecule has 3 aliphatic heterocycles. The van der Waals surface area contributed by atoms with Gasteiger partial charge in [0, 0.05) is 43.8 Å². The van der Waals surface area contributed by atoms with Crippen LogP contribution in [0.2, 0.25) is 0 Å². The average molecular weight is 455 g/mol. The van der Waals surface area contributed by atoms with Crippen molar-refractivity contribution < 1.29 is 13.2 Å². The quantitative estimate of drug-likeness (QED) is 0.499. The lowest BCUT2D eigenvalue weighted by atomic mass is 10.0. The van der Waals surface area contributed by atoms with E-state index < -0.39 is 11.7 Å². The van der Waals surface area contributed by atoms with E-state index in [0.29, 0.717) is 36.0 Å². The molecule has 0 bridgehead atoms. The second kappa shape index (κ2) is 7.91. The first-order valence-corrected chi connectivity index (χ1v) is 10.9. The molecule has 2 aromatic carbocycles. The molecule has 0 aromatic heterocycles. The van der Waals surface area contributed by atoms with Gasteiger partial charge in [0.2, 0.25) is 0 Å². The van der Waals surface area contributed by atoms with Gasteiger partial charge in [0.05, 0.1) is 28.0 Å². The Hall–Kier alpha value is -3.33. The van der Waals surface area contributed by atoms with Crippen LogP contribution >= 0.6 is 0 Å². The lowest BCUT2D eigenvalue weighted by molar-refractivity contribution is -0.137. The first-order valence-electron chi connectivity index (χ1n) is 10.9. The third-order valence-electron chi connectivity index (χ3n) is 6.32. The lowest BCUT2D eigenvalue weighted by Crippen LogP contribution is -2.49. The number of nitrogens with zero attached hydrogens (tertiary/aromatic N) is 4. The number of H-pyrrole nitrogens is 1. The monoisotopic (exact) mass is 455 g/mol. The van der Waals surface area contributed by atoms with Crippen LogP contribution in [0.5, 0.6) is 0 Å². The van der Waals surface area contributed by atoms with Gasteiger partial charge < -0.3 is 9.88 Å². The van der Waals surface area contributed by atoms with E-state index in [1.807, 2.05) is 11.0 Å². The van der Waals surface area contributed by atoms with Gasteiger partial charge in [-0.2, -0.15) is 23.0 Å². The van der Waals surface area contributed by atoms with Gasteiger partial charge in [-0.1, -0.05) is 18.2 Å². The third-order valence-corrected chi connectivity index (χ3v) is 6.32. The van der Waals surface area contributed by atoms with E-state index >= 15 is 0 Å². The van der Waals surface area contributed by atoms with Crippen LogP contribution in [0.15, 0.2) is 53.5 Å². The minimum absolute atomic E-state index is 0.251. The average Bonchev–Trinajstić information content (AvgIpc) is 3.15. The molecule has 172 valence electrons. The second-order valence-corrected chi connectivity index (χ2v) is 8.64. The van der Waals surface area contributed by atoms with E-state index in [1.54, 1.807) is 30.5 Å². The fourth-order valence-corrected chi connectivity index (χ4v) is 4.49. The fraction of sp³-hybridized carbons (Fsp3) is 0.333. The molecule has 1 N–H and O–H groups in total. The summed E-state index contributed by atoms with van der Waals surface area (Å²) >= 11 is 0. The molecule has 33 heavy (non-hydrogen) atoms. The maximum atomic E-state index is 13.9. The molecule has 1 fully saturated rings. The minimum Gasteiger partial charge on any atom is -0.367 e. The van der Waals surface area contributed by atoms with Crippen molar-refractivity contribution in [2.24, 2.45) is 0 Å². The van der Waals surface area contributed by atoms with Crippen LogP contribution in [0, 0.1) is 0 Å². The standard InChI is InChI=1S/C24H24F3N5O/c1-15(2)30-8-10-31(11-9-30)20-13-16(24(25,26)27)12-18-21-19(14-28-22(18)20)23(33)32(29-21)17-6-4-3-5-7-17/h3-7,12-15,28H,8-11H2,1-2H3. The number of fused-ring (bicyclic) bond motifs is 3. The molecule has 0 radical (unpaired) electrons. The molecule has 0 aliphatic carbocycles. The molecule has 9 heteroatoms. The van der Waals surface area contributed by atoms with Crippen LogP contribution in [0.1, 0.15) is 19.4 Å². The summed E-state index contributed by atoms with van der Waals surface area (Å²) in [6.45, 7) is 7.00. The Kier molecular flexibility index (Phi) is 5.16. The Morgan fingerprint density at radius 1 is 1.03 bits per heavy atom. The van der Waals surface area contributed by atoms with Crippen LogP contribution in [-0.2, 0) is 6.18 Å². The summed E-state index contributed by atoms with van der Waals surface area (Å²) in [7, 11) is 0. The van der Waals surface area contributed by atoms with E-state index in [9.17, 15) is 18.0 Å². The summed E-state index contributed by atoms with van der Waals surface area (Å²) in [5, 5.41) is 4.73. The summed E-state index contributed by atoms with van der Waals surface area (Å²) in [5.41, 5.74) is 0.965. The maximum Gasteiger partial charge on any atom is 0.416 e. The van der Waals surface area contributed by atoms with Crippen LogP contribution < -0.4 is 10.5 Å². The van der Waals surface area contributed by atoms with Gasteiger partial charge >= 0.3 is 6.18 Å². The Morgan fingerprint density at radius 2 is 1.73 bits per heavy atom. The SMILES string of the molecule is CC(C)N1CCN(c2cc(C(F)(F)F)cc3c4nn(-c5ccccc5)c(=O)c-4c[nH]c23)CC1. The van der Waals surface area contributed by atoms with Crippen LogP contribution in [0.3, 0.4) is 0 Å². The molecule has 1 saturated heterocycles. The molecule has 0 amide bonds. The van der Waals surface area contributed by atoms with Crippen molar-refractivity contribution in [2.75, 3.05) is 31.1 Å². The molecule has 0 atom stereocenters. The van der Waals surface area contributed by atoms with E-state index in [1.165, 1.54) is 10.7 Å². The minimum atomic E-state index is -4.52. The molecule has 2 aromatic rings. The largest absolute Gasteiger partial charge is 0.416 e. The smallest absolute Gasteiger partial charge is 0.367 e. The molecule has 5 rings (SSSR count). The summed E-state index contributed by atoms with van der Waals surface area (Å²) in [6.07, 6.45) is -2.97. The highest BCUT2D eigenvalue weighted by Gasteiger charge is 2.34. The molecule has 0 saturated carbocycles. The Labute approximate surface area is 188 Å². The first kappa shape index (κ1) is 21.5. The fourth-order valence-electron chi connectivity index (χ4n) is 4.49. The van der Waals surface area contributed by atoms with Crippen molar-refractivity contribution in [1.29, 1.82) is 0 Å². The van der Waals surface area contributed by atoms with Crippen molar-refractivity contribution in [1.82, 2.24) is 19.7 Å². The van der Waals surface area contributed by atoms with Gasteiger partial charge in [0.15, 0.2) is 0 Å². The zero-order valence-corrected chi connectivity index (χ0v) is 18.4. The van der Waals surface area contributed by atoms with Crippen LogP contribution in [0.4, 0.5) is 18.9 Å². The van der Waals surface area contributed by atoms with Crippen LogP contribution in [0.25, 0.3) is 27.8 Å². The lowest BCUT2D eigenvalue weighted by Gasteiger charge is -2.38. The van der Waals surface area contributed by atoms with Gasteiger partial charge in [-0.05, 0) is 38.1 Å². The number of hydrogen-bond donors (Lipinski definition) is 1. The van der Waals surface area contributed by atoms with Gasteiger partial charge in [-0.15, -0.1) is 0 Å². The number of aromatic nitrogens is 3. The van der Waals surface area contributed by atoms with Crippen molar-refractivity contribution in [3.63, 3.8) is 0 Å². The Balaban J connectivity index is 1.70. The van der Waals surface area contributed by atoms with Crippen molar-refractivity contribution in [3.05, 3.63) is 64.6 Å². The van der Waals surface area contributed by atoms with Crippen LogP contribution in [-0.4, -0.2) is 51.9 Å². The molecular weight excluding hydrogens is 431 g/mol. The highest BCUT2D eigenvalue weighted by Crippen LogP contribution is 2.39. The normalized spacial score (nSPS) is 15.8. The van der Waals surface area contributed by atoms with Crippen molar-refractivity contribution in [2.45, 2.75) is 26.1 Å². The number of aromatic amines is 1. The zero-order chi connectivity index (χ0) is 23.3. The molecule has 6 nitrogen and oxygen atoms in total. The van der Waals surface area contributed by atoms with E-state index in [2.05, 4.69) is 28.8 Å². The highest BCUT2D eigenvalue weighted by molar-refractivity contribution is 6.00. The number of hydrogen-bond acceptors (Lipinski definition) is 4. The van der Waals surface area contributed by atoms with E-state index in [0.717, 1.165) is 19.2 Å². The number of halogens is 3. The van der Waals surface area contributed by atoms with E-state index in [-0.39, 0.29) is 22.2 Å². The number of para-hydroxylation sites is 1. The molecule has 3 heterocycles. The summed E-state index contributed by atoms with van der Waals surface area (Å²) in [5.74, 6) is 0. The summed E-state index contributed by atoms with van der Waals surface area (Å²) in [6, 6.07) is 11.5. The Bertz CT molecular complexity index is 1320. The summed E-state index contributed by atoms with van der Waals surface area (Å²) in [4.78, 5) is 20.4. The van der Waals surface area contributed by atoms with Crippen molar-refractivity contribution >= 4 is 16.6 Å². The van der Waals surface area contributed by atoms with Gasteiger partial charge in [0.25, 0.3) is 5.56 Å². The third kappa shape index (κ3) is 3.76. The molecule has 0 spiro atoms. The first-order chi connectivity index (χ1) is 15.7. The maximum absolute atomic E-state index is 13.9. The number of benzene rings is 2. The summed E-state index contributed by atoms with van der Waals surface area (Å²) < 4.78 is 42.8.